The summed E-state index contributed by atoms with van der Waals surface area (Å²) in [5.41, 5.74) is 2.26. The molecule has 0 unspecified atom stereocenters. The number of halogens is 1. The molecule has 0 radical (unpaired) electrons. The van der Waals surface area contributed by atoms with Crippen LogP contribution in [0.15, 0.2) is 77.3 Å². The Morgan fingerprint density at radius 1 is 0.682 bits per heavy atom. The molecule has 0 aliphatic rings. The molecule has 0 saturated heterocycles. The van der Waals surface area contributed by atoms with Crippen LogP contribution in [-0.2, 0) is 0 Å². The first kappa shape index (κ1) is 13.4. The van der Waals surface area contributed by atoms with E-state index in [2.05, 4.69) is 70.5 Å². The first-order chi connectivity index (χ1) is 10.7. The lowest BCUT2D eigenvalue weighted by molar-refractivity contribution is 0.472. The Hall–Kier alpha value is -2.32. The molecule has 0 spiro atoms. The highest BCUT2D eigenvalue weighted by molar-refractivity contribution is 9.10. The van der Waals surface area contributed by atoms with Crippen LogP contribution in [0.2, 0.25) is 0 Å². The van der Waals surface area contributed by atoms with Crippen molar-refractivity contribution in [3.8, 4) is 16.9 Å². The maximum Gasteiger partial charge on any atom is 0.129 e. The molecule has 0 bridgehead atoms. The quantitative estimate of drug-likeness (QED) is 0.410. The highest BCUT2D eigenvalue weighted by Gasteiger charge is 2.07. The van der Waals surface area contributed by atoms with Crippen LogP contribution in [0.3, 0.4) is 0 Å². The zero-order valence-corrected chi connectivity index (χ0v) is 13.3. The van der Waals surface area contributed by atoms with Gasteiger partial charge in [-0.15, -0.1) is 0 Å². The number of rotatable bonds is 1. The SMILES string of the molecule is Oc1ccc(-c2cccc3cc4ccccc4cc23)cc1Br. The molecule has 0 fully saturated rings. The lowest BCUT2D eigenvalue weighted by Gasteiger charge is -2.10. The summed E-state index contributed by atoms with van der Waals surface area (Å²) >= 11 is 3.40. The molecule has 1 N–H and O–H groups in total. The predicted octanol–water partition coefficient (Wildman–Crippen LogP) is 6.13. The lowest BCUT2D eigenvalue weighted by Crippen LogP contribution is -1.83. The molecule has 0 amide bonds. The zero-order valence-electron chi connectivity index (χ0n) is 11.8. The van der Waals surface area contributed by atoms with Crippen molar-refractivity contribution in [1.82, 2.24) is 0 Å². The van der Waals surface area contributed by atoms with E-state index in [9.17, 15) is 5.11 Å². The summed E-state index contributed by atoms with van der Waals surface area (Å²) < 4.78 is 0.711. The molecule has 0 heterocycles. The van der Waals surface area contributed by atoms with Crippen molar-refractivity contribution in [2.45, 2.75) is 0 Å². The zero-order chi connectivity index (χ0) is 15.1. The van der Waals surface area contributed by atoms with Crippen LogP contribution in [0.1, 0.15) is 0 Å². The summed E-state index contributed by atoms with van der Waals surface area (Å²) in [6.07, 6.45) is 0. The standard InChI is InChI=1S/C20H13BrO/c21-19-12-16(8-9-20(19)22)17-7-3-6-15-10-13-4-1-2-5-14(13)11-18(15)17/h1-12,22H. The predicted molar refractivity (Wildman–Crippen MR) is 96.3 cm³/mol. The Kier molecular flexibility index (Phi) is 3.12. The minimum Gasteiger partial charge on any atom is -0.507 e. The average molecular weight is 349 g/mol. The molecule has 1 nitrogen and oxygen atoms in total. The number of hydrogen-bond acceptors (Lipinski definition) is 1. The Morgan fingerprint density at radius 2 is 1.41 bits per heavy atom. The number of hydrogen-bond donors (Lipinski definition) is 1. The Labute approximate surface area is 137 Å². The van der Waals surface area contributed by atoms with Gasteiger partial charge in [0.25, 0.3) is 0 Å². The van der Waals surface area contributed by atoms with Crippen LogP contribution in [0.5, 0.6) is 5.75 Å². The number of fused-ring (bicyclic) bond motifs is 2. The fourth-order valence-corrected chi connectivity index (χ4v) is 3.27. The first-order valence-electron chi connectivity index (χ1n) is 7.13. The molecule has 0 saturated carbocycles. The smallest absolute Gasteiger partial charge is 0.129 e. The van der Waals surface area contributed by atoms with Crippen LogP contribution in [0, 0.1) is 0 Å². The van der Waals surface area contributed by atoms with E-state index in [0.29, 0.717) is 4.47 Å². The van der Waals surface area contributed by atoms with E-state index in [4.69, 9.17) is 0 Å². The average Bonchev–Trinajstić information content (AvgIpc) is 2.55. The molecule has 22 heavy (non-hydrogen) atoms. The summed E-state index contributed by atoms with van der Waals surface area (Å²) in [6, 6.07) is 24.8. The van der Waals surface area contributed by atoms with Gasteiger partial charge in [-0.2, -0.15) is 0 Å². The normalized spacial score (nSPS) is 11.1. The minimum absolute atomic E-state index is 0.259. The number of aromatic hydroxyl groups is 1. The van der Waals surface area contributed by atoms with E-state index in [-0.39, 0.29) is 5.75 Å². The number of phenols is 1. The molecule has 4 aromatic rings. The van der Waals surface area contributed by atoms with Gasteiger partial charge in [-0.05, 0) is 72.9 Å². The van der Waals surface area contributed by atoms with Gasteiger partial charge in [0.15, 0.2) is 0 Å². The van der Waals surface area contributed by atoms with Gasteiger partial charge in [-0.3, -0.25) is 0 Å². The van der Waals surface area contributed by atoms with Crippen molar-refractivity contribution in [3.05, 3.63) is 77.3 Å². The topological polar surface area (TPSA) is 20.2 Å². The van der Waals surface area contributed by atoms with Crippen molar-refractivity contribution < 1.29 is 5.11 Å². The summed E-state index contributed by atoms with van der Waals surface area (Å²) in [5.74, 6) is 0.259. The summed E-state index contributed by atoms with van der Waals surface area (Å²) in [7, 11) is 0. The summed E-state index contributed by atoms with van der Waals surface area (Å²) in [4.78, 5) is 0. The largest absolute Gasteiger partial charge is 0.507 e. The van der Waals surface area contributed by atoms with Crippen LogP contribution in [0.25, 0.3) is 32.7 Å². The van der Waals surface area contributed by atoms with Gasteiger partial charge < -0.3 is 5.11 Å². The molecule has 4 aromatic carbocycles. The van der Waals surface area contributed by atoms with Gasteiger partial charge in [0, 0.05) is 0 Å². The van der Waals surface area contributed by atoms with Crippen molar-refractivity contribution in [3.63, 3.8) is 0 Å². The minimum atomic E-state index is 0.259. The van der Waals surface area contributed by atoms with Crippen LogP contribution in [0.4, 0.5) is 0 Å². The molecule has 0 aliphatic carbocycles. The third-order valence-electron chi connectivity index (χ3n) is 4.01. The van der Waals surface area contributed by atoms with Crippen LogP contribution < -0.4 is 0 Å². The van der Waals surface area contributed by atoms with Gasteiger partial charge in [0.1, 0.15) is 5.75 Å². The molecular formula is C20H13BrO. The van der Waals surface area contributed by atoms with Crippen molar-refractivity contribution in [2.24, 2.45) is 0 Å². The van der Waals surface area contributed by atoms with E-state index in [1.165, 1.54) is 27.1 Å². The maximum absolute atomic E-state index is 9.70. The van der Waals surface area contributed by atoms with Crippen LogP contribution in [-0.4, -0.2) is 5.11 Å². The van der Waals surface area contributed by atoms with Crippen molar-refractivity contribution in [1.29, 1.82) is 0 Å². The molecule has 0 atom stereocenters. The summed E-state index contributed by atoms with van der Waals surface area (Å²) in [5, 5.41) is 14.6. The van der Waals surface area contributed by atoms with E-state index in [0.717, 1.165) is 5.56 Å². The fourth-order valence-electron chi connectivity index (χ4n) is 2.89. The van der Waals surface area contributed by atoms with E-state index >= 15 is 0 Å². The Bertz CT molecular complexity index is 1000. The maximum atomic E-state index is 9.70. The second-order valence-corrected chi connectivity index (χ2v) is 6.25. The number of phenolic OH excluding ortho intramolecular Hbond substituents is 1. The van der Waals surface area contributed by atoms with Crippen molar-refractivity contribution >= 4 is 37.5 Å². The molecule has 0 aromatic heterocycles. The van der Waals surface area contributed by atoms with E-state index in [1.807, 2.05) is 12.1 Å². The van der Waals surface area contributed by atoms with E-state index < -0.39 is 0 Å². The Balaban J connectivity index is 2.04. The molecule has 2 heteroatoms. The van der Waals surface area contributed by atoms with Gasteiger partial charge in [-0.25, -0.2) is 0 Å². The highest BCUT2D eigenvalue weighted by atomic mass is 79.9. The molecular weight excluding hydrogens is 336 g/mol. The molecule has 106 valence electrons. The second-order valence-electron chi connectivity index (χ2n) is 5.39. The van der Waals surface area contributed by atoms with E-state index in [1.54, 1.807) is 6.07 Å². The number of benzene rings is 4. The third-order valence-corrected chi connectivity index (χ3v) is 4.64. The Morgan fingerprint density at radius 3 is 2.18 bits per heavy atom. The first-order valence-corrected chi connectivity index (χ1v) is 7.92. The highest BCUT2D eigenvalue weighted by Crippen LogP contribution is 2.35. The van der Waals surface area contributed by atoms with Crippen LogP contribution >= 0.6 is 15.9 Å². The fraction of sp³-hybridized carbons (Fsp3) is 0. The van der Waals surface area contributed by atoms with Crippen molar-refractivity contribution in [2.75, 3.05) is 0 Å². The third kappa shape index (κ3) is 2.16. The molecule has 0 aliphatic heterocycles. The monoisotopic (exact) mass is 348 g/mol. The summed E-state index contributed by atoms with van der Waals surface area (Å²) in [6.45, 7) is 0. The second kappa shape index (κ2) is 5.15. The van der Waals surface area contributed by atoms with Gasteiger partial charge in [-0.1, -0.05) is 48.5 Å². The van der Waals surface area contributed by atoms with Gasteiger partial charge in [0.05, 0.1) is 4.47 Å². The van der Waals surface area contributed by atoms with Gasteiger partial charge in [0.2, 0.25) is 0 Å². The lowest BCUT2D eigenvalue weighted by atomic mass is 9.95. The molecule has 4 rings (SSSR count). The van der Waals surface area contributed by atoms with Gasteiger partial charge >= 0.3 is 0 Å².